The number of nitrogens with zero attached hydrogens (tertiary/aromatic N) is 2. The van der Waals surface area contributed by atoms with Crippen molar-refractivity contribution in [1.29, 1.82) is 0 Å². The lowest BCUT2D eigenvalue weighted by Crippen LogP contribution is -2.51. The van der Waals surface area contributed by atoms with E-state index in [9.17, 15) is 14.4 Å². The Balaban J connectivity index is 2.83. The van der Waals surface area contributed by atoms with Crippen LogP contribution in [0.5, 0.6) is 0 Å². The van der Waals surface area contributed by atoms with Gasteiger partial charge in [-0.3, -0.25) is 4.79 Å². The van der Waals surface area contributed by atoms with Crippen molar-refractivity contribution in [1.82, 2.24) is 15.2 Å². The number of urea groups is 1. The third-order valence-corrected chi connectivity index (χ3v) is 4.07. The third-order valence-electron chi connectivity index (χ3n) is 4.07. The number of carbonyl (C=O) groups excluding carboxylic acids is 3. The Labute approximate surface area is 161 Å². The molecular weight excluding hydrogens is 346 g/mol. The molecule has 0 aromatic carbocycles. The Hall–Kier alpha value is -2.44. The molecule has 1 N–H and O–H groups in total. The number of rotatable bonds is 7. The monoisotopic (exact) mass is 377 g/mol. The van der Waals surface area contributed by atoms with Gasteiger partial charge < -0.3 is 15.0 Å². The summed E-state index contributed by atoms with van der Waals surface area (Å²) in [6.07, 6.45) is 0.718. The van der Waals surface area contributed by atoms with Crippen LogP contribution in [0.25, 0.3) is 0 Å². The van der Waals surface area contributed by atoms with E-state index < -0.39 is 23.6 Å². The van der Waals surface area contributed by atoms with E-state index in [-0.39, 0.29) is 18.2 Å². The molecule has 27 heavy (non-hydrogen) atoms. The number of ether oxygens (including phenoxy) is 1. The predicted molar refractivity (Wildman–Crippen MR) is 103 cm³/mol. The Morgan fingerprint density at radius 3 is 2.41 bits per heavy atom. The molecule has 0 aliphatic carbocycles. The Morgan fingerprint density at radius 1 is 1.26 bits per heavy atom. The van der Waals surface area contributed by atoms with Crippen LogP contribution < -0.4 is 5.32 Å². The molecule has 2 atom stereocenters. The molecular formula is C20H31N3O4. The Morgan fingerprint density at radius 2 is 1.89 bits per heavy atom. The van der Waals surface area contributed by atoms with E-state index in [1.165, 1.54) is 11.8 Å². The Bertz CT molecular complexity index is 682. The zero-order chi connectivity index (χ0) is 20.8. The number of amides is 2. The van der Waals surface area contributed by atoms with Gasteiger partial charge in [-0.1, -0.05) is 26.3 Å². The minimum absolute atomic E-state index is 0.0728. The van der Waals surface area contributed by atoms with E-state index in [0.29, 0.717) is 11.4 Å². The molecule has 0 aliphatic rings. The van der Waals surface area contributed by atoms with Gasteiger partial charge in [0.1, 0.15) is 17.3 Å². The van der Waals surface area contributed by atoms with Gasteiger partial charge in [0.15, 0.2) is 5.78 Å². The second-order valence-electron chi connectivity index (χ2n) is 7.77. The number of hydrogen-bond acceptors (Lipinski definition) is 5. The van der Waals surface area contributed by atoms with Crippen molar-refractivity contribution in [2.75, 3.05) is 7.05 Å². The van der Waals surface area contributed by atoms with Crippen molar-refractivity contribution >= 4 is 17.8 Å². The SMILES string of the molecule is CC[C@H](C)[C@H](NC(=O)N(C)Cc1cccc(C(C)=O)n1)C(=O)OC(C)(C)C. The number of carbonyl (C=O) groups is 3. The maximum atomic E-state index is 12.6. The highest BCUT2D eigenvalue weighted by Crippen LogP contribution is 2.15. The molecule has 0 fully saturated rings. The summed E-state index contributed by atoms with van der Waals surface area (Å²) in [6, 6.07) is 3.97. The molecule has 1 heterocycles. The van der Waals surface area contributed by atoms with Gasteiger partial charge >= 0.3 is 12.0 Å². The van der Waals surface area contributed by atoms with Crippen LogP contribution >= 0.6 is 0 Å². The molecule has 150 valence electrons. The van der Waals surface area contributed by atoms with Crippen LogP contribution in [0.3, 0.4) is 0 Å². The first-order valence-corrected chi connectivity index (χ1v) is 9.16. The number of nitrogens with one attached hydrogen (secondary N) is 1. The summed E-state index contributed by atoms with van der Waals surface area (Å²) in [7, 11) is 1.61. The summed E-state index contributed by atoms with van der Waals surface area (Å²) in [5, 5.41) is 2.77. The van der Waals surface area contributed by atoms with Gasteiger partial charge in [-0.2, -0.15) is 0 Å². The lowest BCUT2D eigenvalue weighted by Gasteiger charge is -2.29. The van der Waals surface area contributed by atoms with Crippen molar-refractivity contribution in [3.63, 3.8) is 0 Å². The molecule has 0 saturated heterocycles. The van der Waals surface area contributed by atoms with E-state index >= 15 is 0 Å². The molecule has 2 amide bonds. The highest BCUT2D eigenvalue weighted by molar-refractivity contribution is 5.92. The van der Waals surface area contributed by atoms with Crippen molar-refractivity contribution in [3.05, 3.63) is 29.6 Å². The van der Waals surface area contributed by atoms with Gasteiger partial charge in [0.2, 0.25) is 0 Å². The highest BCUT2D eigenvalue weighted by Gasteiger charge is 2.31. The lowest BCUT2D eigenvalue weighted by molar-refractivity contribution is -0.158. The summed E-state index contributed by atoms with van der Waals surface area (Å²) in [5.74, 6) is -0.655. The first-order valence-electron chi connectivity index (χ1n) is 9.16. The minimum atomic E-state index is -0.735. The average molecular weight is 377 g/mol. The standard InChI is InChI=1S/C20H31N3O4/c1-8-13(2)17(18(25)27-20(4,5)6)22-19(26)23(7)12-15-10-9-11-16(21-15)14(3)24/h9-11,13,17H,8,12H2,1-7H3,(H,22,26)/t13-,17-/m0/s1. The van der Waals surface area contributed by atoms with Crippen LogP contribution in [-0.2, 0) is 16.1 Å². The number of Topliss-reactive ketones (excluding diaryl/α,β-unsaturated/α-hetero) is 1. The van der Waals surface area contributed by atoms with Crippen molar-refractivity contribution < 1.29 is 19.1 Å². The lowest BCUT2D eigenvalue weighted by atomic mass is 9.99. The first-order chi connectivity index (χ1) is 12.4. The van der Waals surface area contributed by atoms with Gasteiger partial charge in [0.05, 0.1) is 12.2 Å². The molecule has 0 unspecified atom stereocenters. The van der Waals surface area contributed by atoms with Gasteiger partial charge in [0.25, 0.3) is 0 Å². The fourth-order valence-electron chi connectivity index (χ4n) is 2.36. The fraction of sp³-hybridized carbons (Fsp3) is 0.600. The number of esters is 1. The van der Waals surface area contributed by atoms with Crippen LogP contribution in [0.4, 0.5) is 4.79 Å². The molecule has 0 bridgehead atoms. The molecule has 7 heteroatoms. The van der Waals surface area contributed by atoms with Crippen LogP contribution in [0, 0.1) is 5.92 Å². The van der Waals surface area contributed by atoms with Gasteiger partial charge in [-0.05, 0) is 38.8 Å². The van der Waals surface area contributed by atoms with E-state index in [1.807, 2.05) is 13.8 Å². The molecule has 0 radical (unpaired) electrons. The predicted octanol–water partition coefficient (Wildman–Crippen LogP) is 3.18. The van der Waals surface area contributed by atoms with E-state index in [1.54, 1.807) is 46.0 Å². The number of aromatic nitrogens is 1. The molecule has 1 rings (SSSR count). The molecule has 0 saturated carbocycles. The maximum absolute atomic E-state index is 12.6. The molecule has 1 aromatic rings. The van der Waals surface area contributed by atoms with Gasteiger partial charge in [-0.25, -0.2) is 14.6 Å². The van der Waals surface area contributed by atoms with E-state index in [0.717, 1.165) is 6.42 Å². The minimum Gasteiger partial charge on any atom is -0.458 e. The quantitative estimate of drug-likeness (QED) is 0.582. The third kappa shape index (κ3) is 7.37. The normalized spacial score (nSPS) is 13.4. The van der Waals surface area contributed by atoms with Gasteiger partial charge in [-0.15, -0.1) is 0 Å². The topological polar surface area (TPSA) is 88.6 Å². The summed E-state index contributed by atoms with van der Waals surface area (Å²) >= 11 is 0. The van der Waals surface area contributed by atoms with Crippen LogP contribution in [0.15, 0.2) is 18.2 Å². The number of ketones is 1. The van der Waals surface area contributed by atoms with Crippen LogP contribution in [0.2, 0.25) is 0 Å². The average Bonchev–Trinajstić information content (AvgIpc) is 2.57. The second kappa shape index (κ2) is 9.48. The largest absolute Gasteiger partial charge is 0.458 e. The summed E-state index contributed by atoms with van der Waals surface area (Å²) in [4.78, 5) is 42.2. The summed E-state index contributed by atoms with van der Waals surface area (Å²) < 4.78 is 5.44. The van der Waals surface area contributed by atoms with Crippen molar-refractivity contribution in [3.8, 4) is 0 Å². The first kappa shape index (κ1) is 22.6. The molecule has 0 aliphatic heterocycles. The van der Waals surface area contributed by atoms with Crippen LogP contribution in [-0.4, -0.2) is 46.4 Å². The van der Waals surface area contributed by atoms with E-state index in [2.05, 4.69) is 10.3 Å². The zero-order valence-corrected chi connectivity index (χ0v) is 17.3. The van der Waals surface area contributed by atoms with Crippen LogP contribution in [0.1, 0.15) is 64.1 Å². The smallest absolute Gasteiger partial charge is 0.329 e. The number of hydrogen-bond donors (Lipinski definition) is 1. The molecule has 7 nitrogen and oxygen atoms in total. The number of pyridine rings is 1. The molecule has 0 spiro atoms. The maximum Gasteiger partial charge on any atom is 0.329 e. The van der Waals surface area contributed by atoms with Gasteiger partial charge in [0, 0.05) is 14.0 Å². The molecule has 1 aromatic heterocycles. The zero-order valence-electron chi connectivity index (χ0n) is 17.3. The van der Waals surface area contributed by atoms with E-state index in [4.69, 9.17) is 4.74 Å². The highest BCUT2D eigenvalue weighted by atomic mass is 16.6. The van der Waals surface area contributed by atoms with Crippen molar-refractivity contribution in [2.45, 2.75) is 66.2 Å². The summed E-state index contributed by atoms with van der Waals surface area (Å²) in [6.45, 7) is 10.9. The fourth-order valence-corrected chi connectivity index (χ4v) is 2.36. The second-order valence-corrected chi connectivity index (χ2v) is 7.77. The Kier molecular flexibility index (Phi) is 7.94. The summed E-state index contributed by atoms with van der Waals surface area (Å²) in [5.41, 5.74) is 0.321. The van der Waals surface area contributed by atoms with Crippen molar-refractivity contribution in [2.24, 2.45) is 5.92 Å².